The Morgan fingerprint density at radius 3 is 2.57 bits per heavy atom. The average molecular weight is 398 g/mol. The molecule has 0 fully saturated rings. The monoisotopic (exact) mass is 397 g/mol. The number of halogens is 1. The highest BCUT2D eigenvalue weighted by molar-refractivity contribution is 9.10. The summed E-state index contributed by atoms with van der Waals surface area (Å²) >= 11 is 8.17. The van der Waals surface area contributed by atoms with E-state index in [1.165, 1.54) is 12.3 Å². The summed E-state index contributed by atoms with van der Waals surface area (Å²) in [6.45, 7) is -0.205. The first-order valence-corrected chi connectivity index (χ1v) is 7.57. The third-order valence-corrected chi connectivity index (χ3v) is 3.20. The molecule has 2 aromatic rings. The highest BCUT2D eigenvalue weighted by atomic mass is 79.9. The van der Waals surface area contributed by atoms with Crippen LogP contribution in [0, 0.1) is 0 Å². The molecule has 0 aliphatic rings. The molecule has 0 aliphatic heterocycles. The minimum Gasteiger partial charge on any atom is -0.484 e. The van der Waals surface area contributed by atoms with Crippen LogP contribution < -0.4 is 20.9 Å². The van der Waals surface area contributed by atoms with Crippen LogP contribution in [0.4, 0.5) is 0 Å². The molecule has 0 radical (unpaired) electrons. The zero-order chi connectivity index (χ0) is 16.7. The Hall–Kier alpha value is -2.39. The lowest BCUT2D eigenvalue weighted by molar-refractivity contribution is -0.123. The van der Waals surface area contributed by atoms with Crippen LogP contribution in [0.1, 0.15) is 10.6 Å². The maximum absolute atomic E-state index is 11.6. The summed E-state index contributed by atoms with van der Waals surface area (Å²) < 4.78 is 11.1. The predicted molar refractivity (Wildman–Crippen MR) is 89.7 cm³/mol. The largest absolute Gasteiger partial charge is 0.484 e. The van der Waals surface area contributed by atoms with Crippen molar-refractivity contribution < 1.29 is 18.7 Å². The number of carbonyl (C=O) groups excluding carboxylic acids is 2. The SMILES string of the molecule is O=C(COc1ccc(Br)cc1)NNC(=S)NC(=O)c1ccco1. The summed E-state index contributed by atoms with van der Waals surface area (Å²) in [6.07, 6.45) is 1.37. The number of carbonyl (C=O) groups is 2. The summed E-state index contributed by atoms with van der Waals surface area (Å²) in [5.74, 6) is -0.313. The Labute approximate surface area is 145 Å². The standard InChI is InChI=1S/C14H12BrN3O4S/c15-9-3-5-10(6-4-9)22-8-12(19)17-18-14(23)16-13(20)11-2-1-7-21-11/h1-7H,8H2,(H,17,19)(H2,16,18,20,23). The summed E-state index contributed by atoms with van der Waals surface area (Å²) in [5.41, 5.74) is 4.70. The number of ether oxygens (including phenoxy) is 1. The van der Waals surface area contributed by atoms with E-state index < -0.39 is 11.8 Å². The average Bonchev–Trinajstić information content (AvgIpc) is 3.07. The van der Waals surface area contributed by atoms with Gasteiger partial charge in [0, 0.05) is 4.47 Å². The number of furan rings is 1. The van der Waals surface area contributed by atoms with Crippen LogP contribution in [0.5, 0.6) is 5.75 Å². The van der Waals surface area contributed by atoms with Crippen molar-refractivity contribution in [2.75, 3.05) is 6.61 Å². The molecule has 0 aliphatic carbocycles. The van der Waals surface area contributed by atoms with Gasteiger partial charge in [0.25, 0.3) is 11.8 Å². The van der Waals surface area contributed by atoms with E-state index in [-0.39, 0.29) is 17.5 Å². The molecule has 2 rings (SSSR count). The van der Waals surface area contributed by atoms with Crippen molar-refractivity contribution in [2.45, 2.75) is 0 Å². The Morgan fingerprint density at radius 2 is 1.91 bits per heavy atom. The van der Waals surface area contributed by atoms with Crippen molar-refractivity contribution in [1.29, 1.82) is 0 Å². The zero-order valence-corrected chi connectivity index (χ0v) is 14.1. The summed E-state index contributed by atoms with van der Waals surface area (Å²) in [7, 11) is 0. The van der Waals surface area contributed by atoms with Crippen LogP contribution in [-0.4, -0.2) is 23.5 Å². The lowest BCUT2D eigenvalue weighted by atomic mass is 10.3. The zero-order valence-electron chi connectivity index (χ0n) is 11.7. The maximum atomic E-state index is 11.6. The fourth-order valence-electron chi connectivity index (χ4n) is 1.45. The van der Waals surface area contributed by atoms with Crippen molar-refractivity contribution in [3.63, 3.8) is 0 Å². The van der Waals surface area contributed by atoms with Crippen molar-refractivity contribution in [1.82, 2.24) is 16.2 Å². The smallest absolute Gasteiger partial charge is 0.293 e. The van der Waals surface area contributed by atoms with Gasteiger partial charge in [-0.15, -0.1) is 0 Å². The number of thiocarbonyl (C=S) groups is 1. The predicted octanol–water partition coefficient (Wildman–Crippen LogP) is 1.76. The molecule has 0 atom stereocenters. The number of hydrazine groups is 1. The normalized spacial score (nSPS) is 9.78. The summed E-state index contributed by atoms with van der Waals surface area (Å²) in [4.78, 5) is 23.2. The maximum Gasteiger partial charge on any atom is 0.293 e. The van der Waals surface area contributed by atoms with Gasteiger partial charge >= 0.3 is 0 Å². The lowest BCUT2D eigenvalue weighted by Gasteiger charge is -2.10. The molecule has 3 N–H and O–H groups in total. The first-order valence-electron chi connectivity index (χ1n) is 6.36. The van der Waals surface area contributed by atoms with Crippen LogP contribution >= 0.6 is 28.1 Å². The molecular formula is C14H12BrN3O4S. The van der Waals surface area contributed by atoms with Gasteiger partial charge in [-0.2, -0.15) is 0 Å². The van der Waals surface area contributed by atoms with E-state index in [0.29, 0.717) is 5.75 Å². The molecule has 1 aromatic carbocycles. The first-order chi connectivity index (χ1) is 11.0. The number of hydrogen-bond acceptors (Lipinski definition) is 5. The minimum absolute atomic E-state index is 0.0663. The molecule has 0 unspecified atom stereocenters. The Bertz CT molecular complexity index is 689. The van der Waals surface area contributed by atoms with Crippen molar-refractivity contribution in [3.05, 3.63) is 52.9 Å². The molecule has 1 aromatic heterocycles. The summed E-state index contributed by atoms with van der Waals surface area (Å²) in [6, 6.07) is 10.1. The number of nitrogens with one attached hydrogen (secondary N) is 3. The second-order valence-corrected chi connectivity index (χ2v) is 5.50. The van der Waals surface area contributed by atoms with Crippen LogP contribution in [0.25, 0.3) is 0 Å². The molecule has 0 saturated heterocycles. The Kier molecular flexibility index (Phi) is 6.12. The van der Waals surface area contributed by atoms with Crippen LogP contribution in [-0.2, 0) is 4.79 Å². The topological polar surface area (TPSA) is 92.6 Å². The molecule has 0 spiro atoms. The number of rotatable bonds is 4. The molecular weight excluding hydrogens is 386 g/mol. The third kappa shape index (κ3) is 5.72. The molecule has 7 nitrogen and oxygen atoms in total. The molecule has 1 heterocycles. The number of hydrogen-bond donors (Lipinski definition) is 3. The number of benzene rings is 1. The van der Waals surface area contributed by atoms with E-state index in [2.05, 4.69) is 32.1 Å². The van der Waals surface area contributed by atoms with E-state index in [9.17, 15) is 9.59 Å². The second-order valence-electron chi connectivity index (χ2n) is 4.18. The van der Waals surface area contributed by atoms with E-state index >= 15 is 0 Å². The second kappa shape index (κ2) is 8.30. The molecule has 120 valence electrons. The fraction of sp³-hybridized carbons (Fsp3) is 0.0714. The van der Waals surface area contributed by atoms with Crippen molar-refractivity contribution >= 4 is 45.1 Å². The number of amides is 2. The van der Waals surface area contributed by atoms with E-state index in [4.69, 9.17) is 21.4 Å². The lowest BCUT2D eigenvalue weighted by Crippen LogP contribution is -2.49. The third-order valence-electron chi connectivity index (χ3n) is 2.47. The van der Waals surface area contributed by atoms with Gasteiger partial charge in [0.15, 0.2) is 17.5 Å². The van der Waals surface area contributed by atoms with E-state index in [1.807, 2.05) is 0 Å². The van der Waals surface area contributed by atoms with Crippen LogP contribution in [0.2, 0.25) is 0 Å². The molecule has 0 bridgehead atoms. The van der Waals surface area contributed by atoms with E-state index in [0.717, 1.165) is 4.47 Å². The fourth-order valence-corrected chi connectivity index (χ4v) is 1.85. The Balaban J connectivity index is 1.68. The van der Waals surface area contributed by atoms with Crippen LogP contribution in [0.15, 0.2) is 51.6 Å². The molecule has 2 amide bonds. The van der Waals surface area contributed by atoms with Crippen molar-refractivity contribution in [3.8, 4) is 5.75 Å². The van der Waals surface area contributed by atoms with Crippen LogP contribution in [0.3, 0.4) is 0 Å². The van der Waals surface area contributed by atoms with Gasteiger partial charge in [0.05, 0.1) is 6.26 Å². The highest BCUT2D eigenvalue weighted by Gasteiger charge is 2.10. The van der Waals surface area contributed by atoms with Gasteiger partial charge in [-0.25, -0.2) is 0 Å². The summed E-state index contributed by atoms with van der Waals surface area (Å²) in [5, 5.41) is 2.28. The minimum atomic E-state index is -0.520. The van der Waals surface area contributed by atoms with E-state index in [1.54, 1.807) is 30.3 Å². The highest BCUT2D eigenvalue weighted by Crippen LogP contribution is 2.15. The molecule has 23 heavy (non-hydrogen) atoms. The Morgan fingerprint density at radius 1 is 1.17 bits per heavy atom. The molecule has 0 saturated carbocycles. The van der Waals surface area contributed by atoms with Gasteiger partial charge in [0.2, 0.25) is 0 Å². The van der Waals surface area contributed by atoms with Gasteiger partial charge in [-0.3, -0.25) is 25.8 Å². The first kappa shape index (κ1) is 17.0. The van der Waals surface area contributed by atoms with Gasteiger partial charge < -0.3 is 9.15 Å². The van der Waals surface area contributed by atoms with Crippen molar-refractivity contribution in [2.24, 2.45) is 0 Å². The quantitative estimate of drug-likeness (QED) is 0.537. The molecule has 9 heteroatoms. The van der Waals surface area contributed by atoms with Gasteiger partial charge in [-0.1, -0.05) is 15.9 Å². The van der Waals surface area contributed by atoms with Gasteiger partial charge in [0.1, 0.15) is 5.75 Å². The van der Waals surface area contributed by atoms with Gasteiger partial charge in [-0.05, 0) is 48.6 Å².